The lowest BCUT2D eigenvalue weighted by Gasteiger charge is -2.22. The fourth-order valence-electron chi connectivity index (χ4n) is 2.87. The molecule has 0 radical (unpaired) electrons. The normalized spacial score (nSPS) is 23.8. The maximum absolute atomic E-state index is 11.7. The average molecular weight is 262 g/mol. The third-order valence-electron chi connectivity index (χ3n) is 4.12. The summed E-state index contributed by atoms with van der Waals surface area (Å²) in [6.45, 7) is 3.29. The maximum Gasteiger partial charge on any atom is 0.252 e. The summed E-state index contributed by atoms with van der Waals surface area (Å²) in [5.41, 5.74) is -0.0257. The highest BCUT2D eigenvalue weighted by Gasteiger charge is 2.27. The van der Waals surface area contributed by atoms with E-state index in [2.05, 4.69) is 26.8 Å². The van der Waals surface area contributed by atoms with Crippen LogP contribution in [0.25, 0.3) is 0 Å². The fourth-order valence-corrected chi connectivity index (χ4v) is 2.87. The van der Waals surface area contributed by atoms with Gasteiger partial charge in [0.1, 0.15) is 11.6 Å². The zero-order chi connectivity index (χ0) is 13.4. The molecule has 0 amide bonds. The second kappa shape index (κ2) is 4.96. The summed E-state index contributed by atoms with van der Waals surface area (Å²) in [6.07, 6.45) is 3.55. The van der Waals surface area contributed by atoms with E-state index in [1.165, 1.54) is 13.0 Å². The topological polar surface area (TPSA) is 52.2 Å². The summed E-state index contributed by atoms with van der Waals surface area (Å²) in [5.74, 6) is 2.86. The monoisotopic (exact) mass is 262 g/mol. The molecule has 5 nitrogen and oxygen atoms in total. The minimum absolute atomic E-state index is 0.0257. The maximum atomic E-state index is 11.7. The van der Waals surface area contributed by atoms with Gasteiger partial charge in [0.25, 0.3) is 5.56 Å². The number of hydrogen-bond acceptors (Lipinski definition) is 4. The van der Waals surface area contributed by atoms with Gasteiger partial charge in [-0.3, -0.25) is 4.79 Å². The zero-order valence-electron chi connectivity index (χ0n) is 11.7. The van der Waals surface area contributed by atoms with Crippen LogP contribution in [0.15, 0.2) is 10.9 Å². The first-order valence-electron chi connectivity index (χ1n) is 7.13. The molecular formula is C14H22N4O. The third-order valence-corrected chi connectivity index (χ3v) is 4.12. The number of aromatic amines is 1. The number of rotatable bonds is 4. The predicted molar refractivity (Wildman–Crippen MR) is 75.7 cm³/mol. The van der Waals surface area contributed by atoms with E-state index in [0.29, 0.717) is 11.8 Å². The molecule has 1 saturated carbocycles. The minimum Gasteiger partial charge on any atom is -0.359 e. The van der Waals surface area contributed by atoms with Gasteiger partial charge in [0, 0.05) is 32.1 Å². The Morgan fingerprint density at radius 3 is 2.89 bits per heavy atom. The van der Waals surface area contributed by atoms with Crippen LogP contribution in [0.2, 0.25) is 0 Å². The van der Waals surface area contributed by atoms with Crippen LogP contribution < -0.4 is 10.5 Å². The van der Waals surface area contributed by atoms with Crippen molar-refractivity contribution >= 4 is 5.82 Å². The van der Waals surface area contributed by atoms with Gasteiger partial charge < -0.3 is 14.8 Å². The molecule has 5 heteroatoms. The number of anilines is 1. The molecule has 2 fully saturated rings. The van der Waals surface area contributed by atoms with E-state index < -0.39 is 0 Å². The van der Waals surface area contributed by atoms with Crippen molar-refractivity contribution in [1.82, 2.24) is 14.9 Å². The Hall–Kier alpha value is -1.36. The van der Waals surface area contributed by atoms with Crippen LogP contribution >= 0.6 is 0 Å². The molecule has 1 aliphatic heterocycles. The molecule has 104 valence electrons. The van der Waals surface area contributed by atoms with Gasteiger partial charge in [-0.05, 0) is 38.8 Å². The molecule has 2 heterocycles. The van der Waals surface area contributed by atoms with Crippen LogP contribution in [0.5, 0.6) is 0 Å². The Bertz CT molecular complexity index is 508. The number of nitrogens with one attached hydrogen (secondary N) is 1. The Balaban J connectivity index is 1.71. The van der Waals surface area contributed by atoms with Crippen molar-refractivity contribution in [2.75, 3.05) is 38.6 Å². The second-order valence-corrected chi connectivity index (χ2v) is 6.06. The molecular weight excluding hydrogens is 240 g/mol. The summed E-state index contributed by atoms with van der Waals surface area (Å²) in [7, 11) is 4.20. The summed E-state index contributed by atoms with van der Waals surface area (Å²) in [4.78, 5) is 23.7. The lowest BCUT2D eigenvalue weighted by molar-refractivity contribution is 0.395. The molecule has 0 spiro atoms. The molecule has 1 saturated heterocycles. The molecule has 1 aliphatic carbocycles. The van der Waals surface area contributed by atoms with Crippen molar-refractivity contribution in [1.29, 1.82) is 0 Å². The highest BCUT2D eigenvalue weighted by atomic mass is 16.1. The molecule has 0 bridgehead atoms. The van der Waals surface area contributed by atoms with Crippen molar-refractivity contribution < 1.29 is 0 Å². The van der Waals surface area contributed by atoms with Gasteiger partial charge in [-0.1, -0.05) is 0 Å². The smallest absolute Gasteiger partial charge is 0.252 e. The van der Waals surface area contributed by atoms with E-state index in [1.54, 1.807) is 6.07 Å². The Morgan fingerprint density at radius 2 is 2.26 bits per heavy atom. The van der Waals surface area contributed by atoms with E-state index in [-0.39, 0.29) is 5.56 Å². The van der Waals surface area contributed by atoms with Crippen molar-refractivity contribution in [3.05, 3.63) is 22.2 Å². The summed E-state index contributed by atoms with van der Waals surface area (Å²) in [6, 6.07) is 1.62. The second-order valence-electron chi connectivity index (χ2n) is 6.06. The number of nitrogens with zero attached hydrogens (tertiary/aromatic N) is 3. The number of hydrogen-bond donors (Lipinski definition) is 1. The SMILES string of the molecule is CN1CCC(CN(C)c2cc(=O)[nH]c(C3CC3)n2)C1. The molecule has 1 unspecified atom stereocenters. The summed E-state index contributed by atoms with van der Waals surface area (Å²) < 4.78 is 0. The standard InChI is InChI=1S/C14H22N4O/c1-17-6-5-10(8-17)9-18(2)12-7-13(19)16-14(15-12)11-3-4-11/h7,10-11H,3-6,8-9H2,1-2H3,(H,15,16,19). The molecule has 2 aliphatic rings. The van der Waals surface area contributed by atoms with Gasteiger partial charge >= 0.3 is 0 Å². The van der Waals surface area contributed by atoms with Crippen molar-refractivity contribution in [2.45, 2.75) is 25.2 Å². The molecule has 1 atom stereocenters. The zero-order valence-corrected chi connectivity index (χ0v) is 11.7. The van der Waals surface area contributed by atoms with E-state index in [9.17, 15) is 4.79 Å². The van der Waals surface area contributed by atoms with Crippen LogP contribution in [0.1, 0.15) is 31.0 Å². The van der Waals surface area contributed by atoms with Gasteiger partial charge in [-0.15, -0.1) is 0 Å². The summed E-state index contributed by atoms with van der Waals surface area (Å²) in [5, 5.41) is 0. The Morgan fingerprint density at radius 1 is 1.47 bits per heavy atom. The molecule has 19 heavy (non-hydrogen) atoms. The lowest BCUT2D eigenvalue weighted by Crippen LogP contribution is -2.29. The van der Waals surface area contributed by atoms with E-state index in [4.69, 9.17) is 0 Å². The largest absolute Gasteiger partial charge is 0.359 e. The van der Waals surface area contributed by atoms with Gasteiger partial charge in [-0.25, -0.2) is 4.98 Å². The van der Waals surface area contributed by atoms with Gasteiger partial charge in [0.2, 0.25) is 0 Å². The number of likely N-dealkylation sites (tertiary alicyclic amines) is 1. The van der Waals surface area contributed by atoms with Crippen LogP contribution in [0, 0.1) is 5.92 Å². The highest BCUT2D eigenvalue weighted by Crippen LogP contribution is 2.37. The van der Waals surface area contributed by atoms with Crippen LogP contribution in [-0.2, 0) is 0 Å². The highest BCUT2D eigenvalue weighted by molar-refractivity contribution is 5.37. The minimum atomic E-state index is -0.0257. The molecule has 3 rings (SSSR count). The van der Waals surface area contributed by atoms with E-state index in [1.807, 2.05) is 7.05 Å². The fraction of sp³-hybridized carbons (Fsp3) is 0.714. The Kier molecular flexibility index (Phi) is 3.31. The van der Waals surface area contributed by atoms with E-state index in [0.717, 1.165) is 37.6 Å². The van der Waals surface area contributed by atoms with Crippen LogP contribution in [-0.4, -0.2) is 48.6 Å². The molecule has 0 aromatic carbocycles. The Labute approximate surface area is 113 Å². The van der Waals surface area contributed by atoms with Gasteiger partial charge in [-0.2, -0.15) is 0 Å². The first kappa shape index (κ1) is 12.7. The number of H-pyrrole nitrogens is 1. The average Bonchev–Trinajstić information content (AvgIpc) is 3.13. The van der Waals surface area contributed by atoms with Crippen molar-refractivity contribution in [3.63, 3.8) is 0 Å². The third kappa shape index (κ3) is 2.97. The number of aromatic nitrogens is 2. The van der Waals surface area contributed by atoms with Crippen LogP contribution in [0.4, 0.5) is 5.82 Å². The molecule has 1 N–H and O–H groups in total. The first-order chi connectivity index (χ1) is 9.11. The first-order valence-corrected chi connectivity index (χ1v) is 7.13. The van der Waals surface area contributed by atoms with Crippen LogP contribution in [0.3, 0.4) is 0 Å². The molecule has 1 aromatic heterocycles. The van der Waals surface area contributed by atoms with Gasteiger partial charge in [0.15, 0.2) is 0 Å². The quantitative estimate of drug-likeness (QED) is 0.881. The van der Waals surface area contributed by atoms with Crippen molar-refractivity contribution in [3.8, 4) is 0 Å². The predicted octanol–water partition coefficient (Wildman–Crippen LogP) is 1.04. The molecule has 1 aromatic rings. The lowest BCUT2D eigenvalue weighted by atomic mass is 10.1. The van der Waals surface area contributed by atoms with E-state index >= 15 is 0 Å². The summed E-state index contributed by atoms with van der Waals surface area (Å²) >= 11 is 0. The van der Waals surface area contributed by atoms with Crippen molar-refractivity contribution in [2.24, 2.45) is 5.92 Å². The van der Waals surface area contributed by atoms with Gasteiger partial charge in [0.05, 0.1) is 0 Å².